The number of aryl methyl sites for hydroxylation is 1. The highest BCUT2D eigenvalue weighted by Crippen LogP contribution is 2.18. The second kappa shape index (κ2) is 6.25. The first-order chi connectivity index (χ1) is 10.7. The Labute approximate surface area is 125 Å². The van der Waals surface area contributed by atoms with Crippen LogP contribution in [-0.2, 0) is 17.9 Å². The van der Waals surface area contributed by atoms with E-state index in [9.17, 15) is 4.79 Å². The van der Waals surface area contributed by atoms with Gasteiger partial charge in [-0.25, -0.2) is 15.0 Å². The lowest BCUT2D eigenvalue weighted by Crippen LogP contribution is -2.04. The molecule has 22 heavy (non-hydrogen) atoms. The van der Waals surface area contributed by atoms with Gasteiger partial charge in [0, 0.05) is 13.0 Å². The summed E-state index contributed by atoms with van der Waals surface area (Å²) in [7, 11) is 0. The predicted molar refractivity (Wildman–Crippen MR) is 78.2 cm³/mol. The Hall–Kier alpha value is -2.90. The van der Waals surface area contributed by atoms with Gasteiger partial charge in [0.25, 0.3) is 0 Å². The molecule has 0 bridgehead atoms. The summed E-state index contributed by atoms with van der Waals surface area (Å²) in [5, 5.41) is 11.9. The molecule has 3 aromatic heterocycles. The average Bonchev–Trinajstić information content (AvgIpc) is 3.15. The molecule has 8 nitrogen and oxygen atoms in total. The van der Waals surface area contributed by atoms with Gasteiger partial charge in [0.1, 0.15) is 17.6 Å². The van der Waals surface area contributed by atoms with Crippen LogP contribution in [0.5, 0.6) is 0 Å². The first-order valence-electron chi connectivity index (χ1n) is 6.88. The molecule has 8 heteroatoms. The molecule has 0 aliphatic heterocycles. The number of nitrogens with zero attached hydrogens (tertiary/aromatic N) is 4. The largest absolute Gasteiger partial charge is 0.481 e. The minimum atomic E-state index is -0.806. The van der Waals surface area contributed by atoms with E-state index in [-0.39, 0.29) is 6.42 Å². The molecule has 2 N–H and O–H groups in total. The van der Waals surface area contributed by atoms with E-state index in [2.05, 4.69) is 20.3 Å². The highest BCUT2D eigenvalue weighted by molar-refractivity contribution is 5.82. The minimum absolute atomic E-state index is 0.119. The van der Waals surface area contributed by atoms with Crippen molar-refractivity contribution >= 4 is 23.0 Å². The molecule has 114 valence electrons. The number of fused-ring (bicyclic) bond motifs is 1. The number of hydrogen-bond donors (Lipinski definition) is 2. The molecule has 0 saturated carbocycles. The number of aliphatic carboxylic acids is 1. The summed E-state index contributed by atoms with van der Waals surface area (Å²) >= 11 is 0. The van der Waals surface area contributed by atoms with E-state index in [1.165, 1.54) is 6.33 Å². The maximum atomic E-state index is 10.6. The molecular formula is C14H15N5O3. The molecule has 0 fully saturated rings. The van der Waals surface area contributed by atoms with E-state index in [0.717, 1.165) is 5.76 Å². The highest BCUT2D eigenvalue weighted by atomic mass is 16.4. The quantitative estimate of drug-likeness (QED) is 0.686. The second-order valence-corrected chi connectivity index (χ2v) is 4.76. The molecule has 0 spiro atoms. The zero-order valence-corrected chi connectivity index (χ0v) is 11.8. The normalized spacial score (nSPS) is 10.9. The van der Waals surface area contributed by atoms with E-state index in [1.54, 1.807) is 12.6 Å². The summed E-state index contributed by atoms with van der Waals surface area (Å²) in [5.41, 5.74) is 1.34. The van der Waals surface area contributed by atoms with Crippen LogP contribution in [0.25, 0.3) is 11.2 Å². The van der Waals surface area contributed by atoms with Gasteiger partial charge in [-0.3, -0.25) is 4.79 Å². The van der Waals surface area contributed by atoms with Crippen molar-refractivity contribution in [2.45, 2.75) is 25.9 Å². The molecule has 0 amide bonds. The highest BCUT2D eigenvalue weighted by Gasteiger charge is 2.10. The van der Waals surface area contributed by atoms with Crippen molar-refractivity contribution < 1.29 is 14.3 Å². The molecule has 0 saturated heterocycles. The van der Waals surface area contributed by atoms with Crippen molar-refractivity contribution in [1.82, 2.24) is 19.5 Å². The van der Waals surface area contributed by atoms with Gasteiger partial charge in [-0.2, -0.15) is 0 Å². The van der Waals surface area contributed by atoms with Crippen LogP contribution in [0.4, 0.5) is 5.82 Å². The maximum Gasteiger partial charge on any atom is 0.303 e. The lowest BCUT2D eigenvalue weighted by atomic mass is 10.3. The minimum Gasteiger partial charge on any atom is -0.481 e. The lowest BCUT2D eigenvalue weighted by molar-refractivity contribution is -0.137. The van der Waals surface area contributed by atoms with Gasteiger partial charge in [0.05, 0.1) is 19.1 Å². The first kappa shape index (κ1) is 14.1. The number of nitrogens with one attached hydrogen (secondary N) is 1. The van der Waals surface area contributed by atoms with Crippen LogP contribution >= 0.6 is 0 Å². The number of aromatic nitrogens is 4. The first-order valence-corrected chi connectivity index (χ1v) is 6.88. The maximum absolute atomic E-state index is 10.6. The molecule has 0 radical (unpaired) electrons. The molecule has 0 aliphatic carbocycles. The topological polar surface area (TPSA) is 106 Å². The summed E-state index contributed by atoms with van der Waals surface area (Å²) in [5.74, 6) is 0.617. The van der Waals surface area contributed by atoms with Gasteiger partial charge in [0.2, 0.25) is 0 Å². The number of carboxylic acid groups (broad SMARTS) is 1. The number of carboxylic acids is 1. The van der Waals surface area contributed by atoms with Crippen molar-refractivity contribution in [2.75, 3.05) is 5.32 Å². The molecule has 0 aromatic carbocycles. The van der Waals surface area contributed by atoms with Gasteiger partial charge in [0.15, 0.2) is 11.5 Å². The Bertz CT molecular complexity index is 766. The fourth-order valence-corrected chi connectivity index (χ4v) is 2.16. The van der Waals surface area contributed by atoms with Crippen molar-refractivity contribution in [2.24, 2.45) is 0 Å². The van der Waals surface area contributed by atoms with Crippen LogP contribution in [0.1, 0.15) is 18.6 Å². The molecule has 0 unspecified atom stereocenters. The number of hydrogen-bond acceptors (Lipinski definition) is 6. The third-order valence-corrected chi connectivity index (χ3v) is 3.20. The Balaban J connectivity index is 1.74. The Morgan fingerprint density at radius 2 is 2.27 bits per heavy atom. The molecule has 3 aromatic rings. The van der Waals surface area contributed by atoms with Gasteiger partial charge in [-0.1, -0.05) is 0 Å². The molecule has 3 rings (SSSR count). The molecule has 0 atom stereocenters. The van der Waals surface area contributed by atoms with Crippen molar-refractivity contribution in [3.8, 4) is 0 Å². The van der Waals surface area contributed by atoms with Gasteiger partial charge in [-0.15, -0.1) is 0 Å². The zero-order valence-electron chi connectivity index (χ0n) is 11.8. The Morgan fingerprint density at radius 1 is 1.36 bits per heavy atom. The standard InChI is InChI=1S/C14H15N5O3/c20-11(21)4-1-5-19-9-18-12-13(16-8-17-14(12)19)15-7-10-3-2-6-22-10/h2-3,6,8-9H,1,4-5,7H2,(H,20,21)(H,15,16,17). The fraction of sp³-hybridized carbons (Fsp3) is 0.286. The van der Waals surface area contributed by atoms with E-state index < -0.39 is 5.97 Å². The average molecular weight is 301 g/mol. The smallest absolute Gasteiger partial charge is 0.303 e. The summed E-state index contributed by atoms with van der Waals surface area (Å²) in [6.45, 7) is 1.06. The number of rotatable bonds is 7. The number of imidazole rings is 1. The van der Waals surface area contributed by atoms with Crippen LogP contribution in [-0.4, -0.2) is 30.6 Å². The van der Waals surface area contributed by atoms with Crippen LogP contribution in [0.2, 0.25) is 0 Å². The zero-order chi connectivity index (χ0) is 15.4. The van der Waals surface area contributed by atoms with Gasteiger partial charge < -0.3 is 19.4 Å². The number of carbonyl (C=O) groups is 1. The predicted octanol–water partition coefficient (Wildman–Crippen LogP) is 1.90. The second-order valence-electron chi connectivity index (χ2n) is 4.76. The summed E-state index contributed by atoms with van der Waals surface area (Å²) in [4.78, 5) is 23.3. The Morgan fingerprint density at radius 3 is 3.05 bits per heavy atom. The number of anilines is 1. The van der Waals surface area contributed by atoms with Crippen molar-refractivity contribution in [1.29, 1.82) is 0 Å². The van der Waals surface area contributed by atoms with E-state index >= 15 is 0 Å². The van der Waals surface area contributed by atoms with E-state index in [1.807, 2.05) is 16.7 Å². The van der Waals surface area contributed by atoms with E-state index in [4.69, 9.17) is 9.52 Å². The molecule has 3 heterocycles. The summed E-state index contributed by atoms with van der Waals surface area (Å²) in [6, 6.07) is 3.69. The van der Waals surface area contributed by atoms with E-state index in [0.29, 0.717) is 36.5 Å². The molecule has 0 aliphatic rings. The summed E-state index contributed by atoms with van der Waals surface area (Å²) < 4.78 is 7.09. The summed E-state index contributed by atoms with van der Waals surface area (Å²) in [6.07, 6.45) is 5.37. The number of furan rings is 1. The third-order valence-electron chi connectivity index (χ3n) is 3.20. The lowest BCUT2D eigenvalue weighted by Gasteiger charge is -2.05. The fourth-order valence-electron chi connectivity index (χ4n) is 2.16. The van der Waals surface area contributed by atoms with Gasteiger partial charge in [-0.05, 0) is 18.6 Å². The SMILES string of the molecule is O=C(O)CCCn1cnc2c(NCc3ccco3)ncnc21. The van der Waals surface area contributed by atoms with Crippen LogP contribution in [0, 0.1) is 0 Å². The third kappa shape index (κ3) is 3.05. The van der Waals surface area contributed by atoms with Crippen LogP contribution < -0.4 is 5.32 Å². The van der Waals surface area contributed by atoms with Crippen molar-refractivity contribution in [3.05, 3.63) is 36.8 Å². The monoisotopic (exact) mass is 301 g/mol. The van der Waals surface area contributed by atoms with Crippen LogP contribution in [0.3, 0.4) is 0 Å². The van der Waals surface area contributed by atoms with Gasteiger partial charge >= 0.3 is 5.97 Å². The molecular weight excluding hydrogens is 286 g/mol. The van der Waals surface area contributed by atoms with Crippen LogP contribution in [0.15, 0.2) is 35.5 Å². The Kier molecular flexibility index (Phi) is 3.99. The van der Waals surface area contributed by atoms with Crippen molar-refractivity contribution in [3.63, 3.8) is 0 Å².